The second-order valence-corrected chi connectivity index (χ2v) is 19.3. The van der Waals surface area contributed by atoms with Gasteiger partial charge < -0.3 is 19.5 Å². The molecule has 12 aromatic rings. The Labute approximate surface area is 492 Å². The van der Waals surface area contributed by atoms with Gasteiger partial charge in [0.15, 0.2) is 28.5 Å². The average Bonchev–Trinajstić information content (AvgIpc) is 3.94. The Balaban J connectivity index is 0.000000144. The number of ether oxygens (including phenoxy) is 3. The van der Waals surface area contributed by atoms with Gasteiger partial charge in [-0.1, -0.05) is 60.7 Å². The van der Waals surface area contributed by atoms with Gasteiger partial charge in [0.1, 0.15) is 96.6 Å². The van der Waals surface area contributed by atoms with Gasteiger partial charge in [-0.15, -0.1) is 0 Å². The summed E-state index contributed by atoms with van der Waals surface area (Å²) >= 11 is 0. The largest absolute Gasteiger partial charge is 0.489 e. The summed E-state index contributed by atoms with van der Waals surface area (Å²) in [6.45, 7) is 0.0364. The quantitative estimate of drug-likeness (QED) is 0.0564. The molecular formula is C65H50F6N10O6. The molecule has 1 N–H and O–H groups in total. The van der Waals surface area contributed by atoms with Crippen molar-refractivity contribution in [1.29, 1.82) is 0 Å². The molecule has 0 aliphatic heterocycles. The SMILES string of the molecule is O=C(CCc1cc(OCc2ccccc2F)ccc1F)c1ccc2ncnn2c1.O=C(CCc1cc(OCc2ccccc2F)ccc1F)c1ccn2ncnc2c1.O=C(NCc1cc(OCc2ccccc2F)ccc1F)c1cccc2ncnn12. The molecule has 0 bridgehead atoms. The summed E-state index contributed by atoms with van der Waals surface area (Å²) in [5, 5.41) is 14.7. The van der Waals surface area contributed by atoms with Crippen molar-refractivity contribution in [3.8, 4) is 17.2 Å². The number of halogens is 6. The number of fused-ring (bicyclic) bond motifs is 3. The van der Waals surface area contributed by atoms with Crippen molar-refractivity contribution < 1.29 is 54.9 Å². The van der Waals surface area contributed by atoms with Crippen LogP contribution in [0, 0.1) is 34.9 Å². The number of nitrogens with zero attached hydrogens (tertiary/aromatic N) is 9. The van der Waals surface area contributed by atoms with Crippen LogP contribution in [0.3, 0.4) is 0 Å². The minimum atomic E-state index is -0.484. The van der Waals surface area contributed by atoms with Crippen molar-refractivity contribution in [2.45, 2.75) is 52.0 Å². The molecule has 6 heterocycles. The number of hydrogen-bond donors (Lipinski definition) is 1. The number of carbonyl (C=O) groups is 3. The Morgan fingerprint density at radius 2 is 0.885 bits per heavy atom. The van der Waals surface area contributed by atoms with Gasteiger partial charge in [0.25, 0.3) is 5.91 Å². The van der Waals surface area contributed by atoms with Crippen molar-refractivity contribution in [3.63, 3.8) is 0 Å². The van der Waals surface area contributed by atoms with E-state index in [0.717, 1.165) is 0 Å². The number of carbonyl (C=O) groups excluding carboxylic acids is 3. The minimum Gasteiger partial charge on any atom is -0.489 e. The minimum absolute atomic E-state index is 0.0123. The van der Waals surface area contributed by atoms with E-state index in [1.165, 1.54) is 88.7 Å². The number of aromatic nitrogens is 9. The maximum atomic E-state index is 14.2. The second-order valence-electron chi connectivity index (χ2n) is 19.3. The Morgan fingerprint density at radius 1 is 0.414 bits per heavy atom. The summed E-state index contributed by atoms with van der Waals surface area (Å²) in [7, 11) is 0. The van der Waals surface area contributed by atoms with Crippen LogP contribution >= 0.6 is 0 Å². The summed E-state index contributed by atoms with van der Waals surface area (Å²) in [4.78, 5) is 49.5. The number of benzene rings is 6. The highest BCUT2D eigenvalue weighted by Gasteiger charge is 2.16. The molecule has 0 saturated heterocycles. The Bertz CT molecular complexity index is 4220. The van der Waals surface area contributed by atoms with E-state index < -0.39 is 23.4 Å². The van der Waals surface area contributed by atoms with E-state index >= 15 is 0 Å². The van der Waals surface area contributed by atoms with Crippen molar-refractivity contribution in [2.24, 2.45) is 0 Å². The van der Waals surface area contributed by atoms with Crippen LogP contribution in [0.15, 0.2) is 201 Å². The molecule has 0 spiro atoms. The molecule has 0 fully saturated rings. The average molecular weight is 1180 g/mol. The normalized spacial score (nSPS) is 10.9. The van der Waals surface area contributed by atoms with E-state index in [2.05, 4.69) is 35.6 Å². The molecule has 12 rings (SSSR count). The smallest absolute Gasteiger partial charge is 0.270 e. The van der Waals surface area contributed by atoms with Crippen LogP contribution in [0.1, 0.15) is 77.4 Å². The third kappa shape index (κ3) is 15.4. The van der Waals surface area contributed by atoms with Gasteiger partial charge >= 0.3 is 0 Å². The molecule has 0 saturated carbocycles. The summed E-state index contributed by atoms with van der Waals surface area (Å²) in [6, 6.07) is 43.4. The summed E-state index contributed by atoms with van der Waals surface area (Å²) in [5.41, 5.74) is 5.22. The fraction of sp³-hybridized carbons (Fsp3) is 0.123. The van der Waals surface area contributed by atoms with Gasteiger partial charge in [-0.3, -0.25) is 14.4 Å². The van der Waals surface area contributed by atoms with E-state index in [4.69, 9.17) is 14.2 Å². The Kier molecular flexibility index (Phi) is 19.1. The molecule has 22 heteroatoms. The van der Waals surface area contributed by atoms with Crippen molar-refractivity contribution >= 4 is 34.4 Å². The highest BCUT2D eigenvalue weighted by atomic mass is 19.1. The maximum Gasteiger partial charge on any atom is 0.270 e. The van der Waals surface area contributed by atoms with Crippen molar-refractivity contribution in [1.82, 2.24) is 49.1 Å². The lowest BCUT2D eigenvalue weighted by Gasteiger charge is -2.11. The predicted molar refractivity (Wildman–Crippen MR) is 307 cm³/mol. The van der Waals surface area contributed by atoms with Crippen LogP contribution in [0.4, 0.5) is 26.3 Å². The summed E-state index contributed by atoms with van der Waals surface area (Å²) < 4.78 is 105. The van der Waals surface area contributed by atoms with E-state index in [1.807, 2.05) is 0 Å². The summed E-state index contributed by atoms with van der Waals surface area (Å²) in [6.07, 6.45) is 8.14. The van der Waals surface area contributed by atoms with Gasteiger partial charge in [0.05, 0.1) is 0 Å². The number of rotatable bonds is 20. The van der Waals surface area contributed by atoms with E-state index in [9.17, 15) is 40.7 Å². The van der Waals surface area contributed by atoms with Gasteiger partial charge in [-0.05, 0) is 133 Å². The first-order chi connectivity index (χ1) is 42.3. The molecule has 6 aromatic heterocycles. The molecule has 1 amide bonds. The first kappa shape index (κ1) is 59.1. The van der Waals surface area contributed by atoms with Crippen molar-refractivity contribution in [3.05, 3.63) is 286 Å². The molecule has 438 valence electrons. The van der Waals surface area contributed by atoms with Crippen LogP contribution in [0.5, 0.6) is 17.2 Å². The van der Waals surface area contributed by atoms with Crippen LogP contribution in [0.2, 0.25) is 0 Å². The molecule has 87 heavy (non-hydrogen) atoms. The Morgan fingerprint density at radius 3 is 1.45 bits per heavy atom. The van der Waals surface area contributed by atoms with Gasteiger partial charge in [0, 0.05) is 65.2 Å². The number of Topliss-reactive ketones (excluding diaryl/α,β-unsaturated/α-hetero) is 2. The topological polar surface area (TPSA) is 181 Å². The molecule has 6 aromatic carbocycles. The second kappa shape index (κ2) is 28.0. The first-order valence-corrected chi connectivity index (χ1v) is 27.0. The van der Waals surface area contributed by atoms with Gasteiger partial charge in [0.2, 0.25) is 0 Å². The lowest BCUT2D eigenvalue weighted by molar-refractivity contribution is 0.0940. The highest BCUT2D eigenvalue weighted by molar-refractivity contribution is 5.97. The maximum absolute atomic E-state index is 14.2. The van der Waals surface area contributed by atoms with Crippen LogP contribution in [-0.4, -0.2) is 61.3 Å². The number of ketones is 2. The zero-order valence-corrected chi connectivity index (χ0v) is 46.0. The monoisotopic (exact) mass is 1180 g/mol. The molecule has 0 aliphatic carbocycles. The van der Waals surface area contributed by atoms with Crippen LogP contribution in [-0.2, 0) is 39.2 Å². The van der Waals surface area contributed by atoms with E-state index in [1.54, 1.807) is 126 Å². The molecule has 16 nitrogen and oxygen atoms in total. The van der Waals surface area contributed by atoms with Gasteiger partial charge in [-0.2, -0.15) is 15.3 Å². The van der Waals surface area contributed by atoms with E-state index in [-0.39, 0.29) is 92.3 Å². The first-order valence-electron chi connectivity index (χ1n) is 27.0. The number of hydrogen-bond acceptors (Lipinski definition) is 12. The van der Waals surface area contributed by atoms with Crippen LogP contribution in [0.25, 0.3) is 16.9 Å². The number of nitrogens with one attached hydrogen (secondary N) is 1. The molecule has 0 aliphatic rings. The van der Waals surface area contributed by atoms with Crippen molar-refractivity contribution in [2.75, 3.05) is 0 Å². The standard InChI is InChI=1S/2C22H17F2N3O2.C21H16F2N4O2/c23-19-4-2-1-3-17(19)13-29-18-7-8-20(24)15(11-18)5-9-21(28)16-6-10-22-25-14-26-27(22)12-16;23-19-4-2-1-3-17(19)13-29-18-6-7-20(24)15(11-18)5-8-21(28)16-9-10-27-22(12-16)25-14-26-27;22-17-5-2-1-4-14(17)12-29-16-8-9-18(23)15(10-16)11-24-21(28)19-6-3-7-20-25-13-26-27(19)20/h1-4,6-8,10-12,14H,5,9,13H2;1-4,6-7,9-12,14H,5,8,13H2;1-10,13H,11-12H2,(H,24,28). The lowest BCUT2D eigenvalue weighted by Crippen LogP contribution is -2.25. The predicted octanol–water partition coefficient (Wildman–Crippen LogP) is 12.3. The van der Waals surface area contributed by atoms with Crippen LogP contribution < -0.4 is 19.5 Å². The number of pyridine rings is 3. The molecular weight excluding hydrogens is 1130 g/mol. The van der Waals surface area contributed by atoms with Gasteiger partial charge in [-0.25, -0.2) is 54.8 Å². The number of aryl methyl sites for hydroxylation is 2. The zero-order chi connectivity index (χ0) is 60.7. The lowest BCUT2D eigenvalue weighted by atomic mass is 10.0. The van der Waals surface area contributed by atoms with E-state index in [0.29, 0.717) is 73.1 Å². The third-order valence-electron chi connectivity index (χ3n) is 13.5. The molecule has 0 atom stereocenters. The molecule has 0 radical (unpaired) electrons. The third-order valence-corrected chi connectivity index (χ3v) is 13.5. The fourth-order valence-electron chi connectivity index (χ4n) is 8.81. The number of amides is 1. The fourth-order valence-corrected chi connectivity index (χ4v) is 8.81. The zero-order valence-electron chi connectivity index (χ0n) is 46.0. The molecule has 0 unspecified atom stereocenters. The Hall–Kier alpha value is -11.0. The highest BCUT2D eigenvalue weighted by Crippen LogP contribution is 2.24. The summed E-state index contributed by atoms with van der Waals surface area (Å²) in [5.74, 6) is -1.85.